The largest absolute Gasteiger partial charge is 0.489 e. The van der Waals surface area contributed by atoms with E-state index in [2.05, 4.69) is 20.7 Å². The number of carbonyl (C=O) groups excluding carboxylic acids is 1. The van der Waals surface area contributed by atoms with E-state index in [9.17, 15) is 4.79 Å². The van der Waals surface area contributed by atoms with Gasteiger partial charge >= 0.3 is 0 Å². The first kappa shape index (κ1) is 21.5. The fraction of sp³-hybridized carbons (Fsp3) is 0.148. The molecule has 0 aliphatic carbocycles. The van der Waals surface area contributed by atoms with Crippen molar-refractivity contribution in [2.45, 2.75) is 26.5 Å². The maximum Gasteiger partial charge on any atom is 0.255 e. The zero-order chi connectivity index (χ0) is 23.5. The van der Waals surface area contributed by atoms with Crippen molar-refractivity contribution in [3.05, 3.63) is 113 Å². The Labute approximate surface area is 198 Å². The number of aromatic nitrogens is 3. The van der Waals surface area contributed by atoms with Crippen molar-refractivity contribution in [3.63, 3.8) is 0 Å². The van der Waals surface area contributed by atoms with Gasteiger partial charge in [-0.1, -0.05) is 54.6 Å². The number of nitrogens with zero attached hydrogens (tertiary/aromatic N) is 3. The van der Waals surface area contributed by atoms with Gasteiger partial charge in [0.1, 0.15) is 24.7 Å². The first-order valence-corrected chi connectivity index (χ1v) is 11.1. The van der Waals surface area contributed by atoms with Crippen LogP contribution in [0.5, 0.6) is 5.75 Å². The summed E-state index contributed by atoms with van der Waals surface area (Å²) in [5.41, 5.74) is 5.15. The first-order chi connectivity index (χ1) is 16.6. The molecule has 34 heavy (non-hydrogen) atoms. The van der Waals surface area contributed by atoms with Crippen molar-refractivity contribution in [1.82, 2.24) is 14.8 Å². The van der Waals surface area contributed by atoms with Gasteiger partial charge in [0.05, 0.1) is 5.57 Å². The lowest BCUT2D eigenvalue weighted by Gasteiger charge is -2.28. The molecule has 1 aromatic heterocycles. The molecule has 7 heteroatoms. The third-order valence-electron chi connectivity index (χ3n) is 5.76. The molecule has 0 saturated heterocycles. The molecule has 0 fully saturated rings. The van der Waals surface area contributed by atoms with Crippen LogP contribution < -0.4 is 15.4 Å². The van der Waals surface area contributed by atoms with E-state index in [0.29, 0.717) is 18.1 Å². The Hall–Kier alpha value is -4.39. The van der Waals surface area contributed by atoms with Crippen molar-refractivity contribution < 1.29 is 9.53 Å². The Morgan fingerprint density at radius 1 is 1.03 bits per heavy atom. The van der Waals surface area contributed by atoms with Gasteiger partial charge in [0.15, 0.2) is 0 Å². The lowest BCUT2D eigenvalue weighted by atomic mass is 9.95. The molecule has 170 valence electrons. The van der Waals surface area contributed by atoms with Crippen LogP contribution in [0, 0.1) is 6.92 Å². The van der Waals surface area contributed by atoms with Gasteiger partial charge in [0.25, 0.3) is 5.91 Å². The number of benzene rings is 3. The fourth-order valence-corrected chi connectivity index (χ4v) is 4.10. The second-order valence-electron chi connectivity index (χ2n) is 8.26. The van der Waals surface area contributed by atoms with Gasteiger partial charge in [-0.25, -0.2) is 4.68 Å². The number of nitrogens with one attached hydrogen (secondary N) is 2. The van der Waals surface area contributed by atoms with E-state index in [-0.39, 0.29) is 5.91 Å². The molecule has 1 aliphatic rings. The molecule has 0 saturated carbocycles. The number of hydrogen-bond acceptors (Lipinski definition) is 5. The molecule has 0 spiro atoms. The quantitative estimate of drug-likeness (QED) is 0.427. The third-order valence-corrected chi connectivity index (χ3v) is 5.76. The Balaban J connectivity index is 1.42. The molecule has 7 nitrogen and oxygen atoms in total. The Kier molecular flexibility index (Phi) is 5.82. The maximum atomic E-state index is 13.4. The van der Waals surface area contributed by atoms with Crippen LogP contribution in [-0.4, -0.2) is 20.7 Å². The van der Waals surface area contributed by atoms with E-state index in [1.807, 2.05) is 92.7 Å². The number of allylic oxidation sites excluding steroid dienone is 1. The monoisotopic (exact) mass is 451 g/mol. The Morgan fingerprint density at radius 3 is 2.59 bits per heavy atom. The zero-order valence-electron chi connectivity index (χ0n) is 19.0. The number of ether oxygens (including phenoxy) is 1. The van der Waals surface area contributed by atoms with Gasteiger partial charge < -0.3 is 15.4 Å². The molecule has 4 aromatic rings. The minimum Gasteiger partial charge on any atom is -0.489 e. The third kappa shape index (κ3) is 4.41. The zero-order valence-corrected chi connectivity index (χ0v) is 19.0. The van der Waals surface area contributed by atoms with E-state index in [0.717, 1.165) is 33.8 Å². The topological polar surface area (TPSA) is 81.1 Å². The lowest BCUT2D eigenvalue weighted by molar-refractivity contribution is -0.113. The van der Waals surface area contributed by atoms with Crippen LogP contribution in [0.25, 0.3) is 0 Å². The molecule has 3 aromatic carbocycles. The second kappa shape index (κ2) is 9.23. The molecule has 1 atom stereocenters. The molecule has 2 N–H and O–H groups in total. The van der Waals surface area contributed by atoms with Gasteiger partial charge in [0, 0.05) is 11.4 Å². The highest BCUT2D eigenvalue weighted by Crippen LogP contribution is 2.35. The summed E-state index contributed by atoms with van der Waals surface area (Å²) < 4.78 is 7.67. The summed E-state index contributed by atoms with van der Waals surface area (Å²) in [4.78, 5) is 17.7. The average molecular weight is 452 g/mol. The van der Waals surface area contributed by atoms with Crippen molar-refractivity contribution in [1.29, 1.82) is 0 Å². The summed E-state index contributed by atoms with van der Waals surface area (Å²) in [6.07, 6.45) is 1.49. The summed E-state index contributed by atoms with van der Waals surface area (Å²) in [6, 6.07) is 25.1. The summed E-state index contributed by atoms with van der Waals surface area (Å²) in [5, 5.41) is 10.6. The van der Waals surface area contributed by atoms with Gasteiger partial charge in [-0.05, 0) is 54.8 Å². The molecule has 0 bridgehead atoms. The number of hydrogen-bond donors (Lipinski definition) is 2. The molecular formula is C27H25N5O2. The van der Waals surface area contributed by atoms with Gasteiger partial charge in [0.2, 0.25) is 5.95 Å². The highest BCUT2D eigenvalue weighted by molar-refractivity contribution is 6.06. The minimum absolute atomic E-state index is 0.189. The van der Waals surface area contributed by atoms with Crippen LogP contribution in [0.2, 0.25) is 0 Å². The molecule has 1 amide bonds. The summed E-state index contributed by atoms with van der Waals surface area (Å²) in [5.74, 6) is 1.16. The summed E-state index contributed by atoms with van der Waals surface area (Å²) >= 11 is 0. The number of amides is 1. The van der Waals surface area contributed by atoms with Crippen molar-refractivity contribution in [2.24, 2.45) is 0 Å². The first-order valence-electron chi connectivity index (χ1n) is 11.1. The van der Waals surface area contributed by atoms with E-state index < -0.39 is 6.04 Å². The van der Waals surface area contributed by atoms with Gasteiger partial charge in [-0.2, -0.15) is 10.1 Å². The fourth-order valence-electron chi connectivity index (χ4n) is 4.10. The normalized spacial score (nSPS) is 14.8. The predicted octanol–water partition coefficient (Wildman–Crippen LogP) is 5.09. The standard InChI is InChI=1S/C27H25N5O2/c1-18-7-6-10-22(15-18)31-26(33)24-19(2)30-27-28-17-29-32(27)25(24)21-11-13-23(14-12-21)34-16-20-8-4-3-5-9-20/h3-15,17,25H,16H2,1-2H3,(H,31,33)(H,28,29,30). The smallest absolute Gasteiger partial charge is 0.255 e. The van der Waals surface area contributed by atoms with Crippen molar-refractivity contribution >= 4 is 17.5 Å². The highest BCUT2D eigenvalue weighted by Gasteiger charge is 2.33. The van der Waals surface area contributed by atoms with Crippen molar-refractivity contribution in [2.75, 3.05) is 10.6 Å². The second-order valence-corrected chi connectivity index (χ2v) is 8.26. The molecule has 1 aliphatic heterocycles. The van der Waals surface area contributed by atoms with Gasteiger partial charge in [-0.15, -0.1) is 0 Å². The molecule has 1 unspecified atom stereocenters. The molecule has 2 heterocycles. The van der Waals surface area contributed by atoms with E-state index >= 15 is 0 Å². The minimum atomic E-state index is -0.424. The van der Waals surface area contributed by atoms with Crippen molar-refractivity contribution in [3.8, 4) is 5.75 Å². The Morgan fingerprint density at radius 2 is 1.82 bits per heavy atom. The van der Waals surface area contributed by atoms with Gasteiger partial charge in [-0.3, -0.25) is 4.79 Å². The highest BCUT2D eigenvalue weighted by atomic mass is 16.5. The number of fused-ring (bicyclic) bond motifs is 1. The van der Waals surface area contributed by atoms with Crippen LogP contribution in [0.3, 0.4) is 0 Å². The maximum absolute atomic E-state index is 13.4. The van der Waals surface area contributed by atoms with E-state index in [4.69, 9.17) is 4.74 Å². The molecular weight excluding hydrogens is 426 g/mol. The summed E-state index contributed by atoms with van der Waals surface area (Å²) in [7, 11) is 0. The summed E-state index contributed by atoms with van der Waals surface area (Å²) in [6.45, 7) is 4.37. The van der Waals surface area contributed by atoms with Crippen LogP contribution in [0.1, 0.15) is 29.7 Å². The van der Waals surface area contributed by atoms with E-state index in [1.54, 1.807) is 4.68 Å². The number of aryl methyl sites for hydroxylation is 1. The lowest BCUT2D eigenvalue weighted by Crippen LogP contribution is -2.31. The van der Waals surface area contributed by atoms with Crippen LogP contribution in [-0.2, 0) is 11.4 Å². The average Bonchev–Trinajstić information content (AvgIpc) is 3.31. The van der Waals surface area contributed by atoms with Crippen LogP contribution in [0.15, 0.2) is 96.5 Å². The molecule has 0 radical (unpaired) electrons. The predicted molar refractivity (Wildman–Crippen MR) is 132 cm³/mol. The van der Waals surface area contributed by atoms with Crippen LogP contribution >= 0.6 is 0 Å². The van der Waals surface area contributed by atoms with E-state index in [1.165, 1.54) is 6.33 Å². The van der Waals surface area contributed by atoms with Crippen LogP contribution in [0.4, 0.5) is 11.6 Å². The number of anilines is 2. The molecule has 5 rings (SSSR count). The number of rotatable bonds is 6. The Bertz CT molecular complexity index is 1340. The number of carbonyl (C=O) groups is 1. The SMILES string of the molecule is CC1=C(C(=O)Nc2cccc(C)c2)C(c2ccc(OCc3ccccc3)cc2)n2ncnc2N1.